The Hall–Kier alpha value is -1.85. The highest BCUT2D eigenvalue weighted by Gasteiger charge is 2.08. The predicted molar refractivity (Wildman–Crippen MR) is 87.0 cm³/mol. The number of carbonyl (C=O) groups is 1. The van der Waals surface area contributed by atoms with Crippen molar-refractivity contribution in [3.05, 3.63) is 52.2 Å². The molecule has 3 N–H and O–H groups in total. The fourth-order valence-corrected chi connectivity index (χ4v) is 2.80. The first-order valence-electron chi connectivity index (χ1n) is 6.96. The number of nitrogens with one attached hydrogen (secondary N) is 2. The van der Waals surface area contributed by atoms with Gasteiger partial charge in [-0.2, -0.15) is 11.3 Å². The molecule has 1 aromatic carbocycles. The van der Waals surface area contributed by atoms with Gasteiger partial charge in [-0.05, 0) is 53.9 Å². The van der Waals surface area contributed by atoms with Crippen LogP contribution in [0.4, 0.5) is 5.69 Å². The van der Waals surface area contributed by atoms with E-state index in [4.69, 9.17) is 5.11 Å². The van der Waals surface area contributed by atoms with E-state index < -0.39 is 0 Å². The first-order valence-corrected chi connectivity index (χ1v) is 7.90. The molecule has 112 valence electrons. The quantitative estimate of drug-likeness (QED) is 0.736. The van der Waals surface area contributed by atoms with Crippen molar-refractivity contribution in [3.8, 4) is 0 Å². The van der Waals surface area contributed by atoms with Gasteiger partial charge in [0, 0.05) is 23.8 Å². The predicted octanol–water partition coefficient (Wildman–Crippen LogP) is 2.51. The van der Waals surface area contributed by atoms with Gasteiger partial charge >= 0.3 is 0 Å². The fourth-order valence-electron chi connectivity index (χ4n) is 2.12. The zero-order chi connectivity index (χ0) is 15.1. The molecule has 0 bridgehead atoms. The lowest BCUT2D eigenvalue weighted by molar-refractivity contribution is 0.0945. The maximum atomic E-state index is 11.8. The summed E-state index contributed by atoms with van der Waals surface area (Å²) in [6, 6.07) is 9.82. The van der Waals surface area contributed by atoms with E-state index in [1.807, 2.05) is 18.2 Å². The number of thiophene rings is 1. The van der Waals surface area contributed by atoms with Gasteiger partial charge in [-0.1, -0.05) is 6.07 Å². The molecule has 0 spiro atoms. The minimum absolute atomic E-state index is 0.0542. The Kier molecular flexibility index (Phi) is 5.78. The molecule has 0 aliphatic carbocycles. The third-order valence-corrected chi connectivity index (χ3v) is 3.79. The molecule has 1 amide bonds. The molecule has 21 heavy (non-hydrogen) atoms. The van der Waals surface area contributed by atoms with Crippen LogP contribution in [-0.2, 0) is 6.42 Å². The number of benzene rings is 1. The molecule has 1 heterocycles. The molecule has 0 saturated heterocycles. The van der Waals surface area contributed by atoms with Gasteiger partial charge in [-0.15, -0.1) is 0 Å². The summed E-state index contributed by atoms with van der Waals surface area (Å²) in [5.74, 6) is -0.168. The van der Waals surface area contributed by atoms with Gasteiger partial charge < -0.3 is 15.7 Å². The molecule has 1 unspecified atom stereocenters. The monoisotopic (exact) mass is 304 g/mol. The molecule has 0 saturated carbocycles. The average molecular weight is 304 g/mol. The summed E-state index contributed by atoms with van der Waals surface area (Å²) in [5, 5.41) is 19.0. The fraction of sp³-hybridized carbons (Fsp3) is 0.312. The number of aliphatic hydroxyl groups is 1. The minimum Gasteiger partial charge on any atom is -0.395 e. The lowest BCUT2D eigenvalue weighted by Gasteiger charge is -2.15. The van der Waals surface area contributed by atoms with Gasteiger partial charge in [0.2, 0.25) is 0 Å². The van der Waals surface area contributed by atoms with Gasteiger partial charge in [-0.3, -0.25) is 4.79 Å². The minimum atomic E-state index is -0.168. The van der Waals surface area contributed by atoms with E-state index in [2.05, 4.69) is 34.4 Å². The van der Waals surface area contributed by atoms with E-state index in [1.165, 1.54) is 5.56 Å². The van der Waals surface area contributed by atoms with Gasteiger partial charge in [0.05, 0.1) is 6.61 Å². The van der Waals surface area contributed by atoms with Crippen molar-refractivity contribution in [2.45, 2.75) is 19.4 Å². The molecular weight excluding hydrogens is 284 g/mol. The Balaban J connectivity index is 1.95. The maximum Gasteiger partial charge on any atom is 0.251 e. The summed E-state index contributed by atoms with van der Waals surface area (Å²) in [6.45, 7) is 2.34. The molecule has 4 nitrogen and oxygen atoms in total. The normalized spacial score (nSPS) is 11.9. The molecule has 0 aliphatic heterocycles. The van der Waals surface area contributed by atoms with Gasteiger partial charge in [0.1, 0.15) is 0 Å². The highest BCUT2D eigenvalue weighted by Crippen LogP contribution is 2.15. The highest BCUT2D eigenvalue weighted by atomic mass is 32.1. The molecule has 0 radical (unpaired) electrons. The number of anilines is 1. The van der Waals surface area contributed by atoms with Crippen LogP contribution in [0.25, 0.3) is 0 Å². The van der Waals surface area contributed by atoms with Crippen molar-refractivity contribution < 1.29 is 9.90 Å². The average Bonchev–Trinajstić information content (AvgIpc) is 2.97. The van der Waals surface area contributed by atoms with Gasteiger partial charge in [0.15, 0.2) is 0 Å². The van der Waals surface area contributed by atoms with E-state index in [0.29, 0.717) is 5.56 Å². The third-order valence-electron chi connectivity index (χ3n) is 3.06. The third kappa shape index (κ3) is 4.88. The lowest BCUT2D eigenvalue weighted by Crippen LogP contribution is -2.26. The Bertz CT molecular complexity index is 569. The Morgan fingerprint density at radius 2 is 2.24 bits per heavy atom. The highest BCUT2D eigenvalue weighted by molar-refractivity contribution is 7.07. The first kappa shape index (κ1) is 15.5. The smallest absolute Gasteiger partial charge is 0.251 e. The standard InChI is InChI=1S/C16H20N2O2S/c1-12(9-13-5-8-21-11-13)18-15-4-2-3-14(10-15)16(20)17-6-7-19/h2-5,8,10-12,18-19H,6-7,9H2,1H3,(H,17,20). The van der Waals surface area contributed by atoms with E-state index in [9.17, 15) is 4.79 Å². The summed E-state index contributed by atoms with van der Waals surface area (Å²) in [4.78, 5) is 11.8. The summed E-state index contributed by atoms with van der Waals surface area (Å²) < 4.78 is 0. The summed E-state index contributed by atoms with van der Waals surface area (Å²) >= 11 is 1.70. The summed E-state index contributed by atoms with van der Waals surface area (Å²) in [5.41, 5.74) is 2.84. The molecule has 2 aromatic rings. The van der Waals surface area contributed by atoms with Crippen molar-refractivity contribution in [1.29, 1.82) is 0 Å². The molecule has 0 aliphatic rings. The summed E-state index contributed by atoms with van der Waals surface area (Å²) in [7, 11) is 0. The Labute approximate surface area is 128 Å². The second-order valence-corrected chi connectivity index (χ2v) is 5.72. The number of hydrogen-bond donors (Lipinski definition) is 3. The number of aliphatic hydroxyl groups excluding tert-OH is 1. The first-order chi connectivity index (χ1) is 10.2. The van der Waals surface area contributed by atoms with Crippen LogP contribution in [0.5, 0.6) is 0 Å². The largest absolute Gasteiger partial charge is 0.395 e. The number of rotatable bonds is 7. The molecule has 0 fully saturated rings. The van der Waals surface area contributed by atoms with Crippen LogP contribution in [-0.4, -0.2) is 30.2 Å². The lowest BCUT2D eigenvalue weighted by atomic mass is 10.1. The molecule has 1 atom stereocenters. The van der Waals surface area contributed by atoms with E-state index in [-0.39, 0.29) is 25.1 Å². The Morgan fingerprint density at radius 3 is 2.95 bits per heavy atom. The van der Waals surface area contributed by atoms with Crippen molar-refractivity contribution in [2.24, 2.45) is 0 Å². The van der Waals surface area contributed by atoms with Crippen LogP contribution in [0.1, 0.15) is 22.8 Å². The van der Waals surface area contributed by atoms with Crippen LogP contribution in [0, 0.1) is 0 Å². The van der Waals surface area contributed by atoms with Crippen LogP contribution in [0.2, 0.25) is 0 Å². The van der Waals surface area contributed by atoms with Crippen molar-refractivity contribution in [3.63, 3.8) is 0 Å². The van der Waals surface area contributed by atoms with Crippen LogP contribution < -0.4 is 10.6 Å². The van der Waals surface area contributed by atoms with Crippen LogP contribution in [0.3, 0.4) is 0 Å². The second kappa shape index (κ2) is 7.81. The van der Waals surface area contributed by atoms with E-state index >= 15 is 0 Å². The number of amides is 1. The molecule has 1 aromatic heterocycles. The number of carbonyl (C=O) groups excluding carboxylic acids is 1. The Morgan fingerprint density at radius 1 is 1.38 bits per heavy atom. The second-order valence-electron chi connectivity index (χ2n) is 4.94. The van der Waals surface area contributed by atoms with Crippen molar-refractivity contribution >= 4 is 22.9 Å². The summed E-state index contributed by atoms with van der Waals surface area (Å²) in [6.07, 6.45) is 0.949. The number of hydrogen-bond acceptors (Lipinski definition) is 4. The SMILES string of the molecule is CC(Cc1ccsc1)Nc1cccc(C(=O)NCCO)c1. The van der Waals surface area contributed by atoms with Crippen LogP contribution >= 0.6 is 11.3 Å². The maximum absolute atomic E-state index is 11.8. The van der Waals surface area contributed by atoms with Gasteiger partial charge in [0.25, 0.3) is 5.91 Å². The van der Waals surface area contributed by atoms with E-state index in [0.717, 1.165) is 12.1 Å². The van der Waals surface area contributed by atoms with Crippen molar-refractivity contribution in [1.82, 2.24) is 5.32 Å². The van der Waals surface area contributed by atoms with Gasteiger partial charge in [-0.25, -0.2) is 0 Å². The topological polar surface area (TPSA) is 61.4 Å². The molecule has 5 heteroatoms. The zero-order valence-electron chi connectivity index (χ0n) is 12.0. The van der Waals surface area contributed by atoms with E-state index in [1.54, 1.807) is 17.4 Å². The van der Waals surface area contributed by atoms with Crippen LogP contribution in [0.15, 0.2) is 41.1 Å². The molecular formula is C16H20N2O2S. The van der Waals surface area contributed by atoms with Crippen molar-refractivity contribution in [2.75, 3.05) is 18.5 Å². The molecule has 2 rings (SSSR count). The zero-order valence-corrected chi connectivity index (χ0v) is 12.8.